The Kier molecular flexibility index (Phi) is 8.89. The fourth-order valence-electron chi connectivity index (χ4n) is 3.39. The van der Waals surface area contributed by atoms with Gasteiger partial charge in [0, 0.05) is 24.7 Å². The molecule has 0 aliphatic heterocycles. The summed E-state index contributed by atoms with van der Waals surface area (Å²) in [5.74, 6) is 0.177. The lowest BCUT2D eigenvalue weighted by molar-refractivity contribution is -0.116. The van der Waals surface area contributed by atoms with E-state index < -0.39 is 0 Å². The standard InChI is InChI=1S/C25H30ClN5O2/c1-3-5-15-27-25(33)30(16-4-2)18-24(32)28-23-17-21(19-11-7-6-8-12-19)29-31(23)22-14-10-9-13-20(22)26/h6-14,17H,3-5,15-16,18H2,1-2H3,(H,27,33)(H,28,32). The maximum Gasteiger partial charge on any atom is 0.317 e. The van der Waals surface area contributed by atoms with Gasteiger partial charge < -0.3 is 15.5 Å². The monoisotopic (exact) mass is 467 g/mol. The molecule has 0 aliphatic carbocycles. The third-order valence-electron chi connectivity index (χ3n) is 5.05. The molecule has 3 amide bonds. The number of aromatic nitrogens is 2. The molecular formula is C25H30ClN5O2. The highest BCUT2D eigenvalue weighted by Gasteiger charge is 2.19. The van der Waals surface area contributed by atoms with E-state index in [9.17, 15) is 9.59 Å². The minimum atomic E-state index is -0.304. The van der Waals surface area contributed by atoms with Crippen LogP contribution < -0.4 is 10.6 Å². The lowest BCUT2D eigenvalue weighted by atomic mass is 10.1. The summed E-state index contributed by atoms with van der Waals surface area (Å²) in [5.41, 5.74) is 2.27. The molecule has 0 spiro atoms. The van der Waals surface area contributed by atoms with E-state index in [1.807, 2.05) is 61.5 Å². The van der Waals surface area contributed by atoms with Gasteiger partial charge in [0.15, 0.2) is 0 Å². The Morgan fingerprint density at radius 1 is 1.03 bits per heavy atom. The number of hydrogen-bond donors (Lipinski definition) is 2. The van der Waals surface area contributed by atoms with Crippen LogP contribution in [-0.4, -0.2) is 46.3 Å². The zero-order chi connectivity index (χ0) is 23.6. The predicted molar refractivity (Wildman–Crippen MR) is 133 cm³/mol. The number of unbranched alkanes of at least 4 members (excludes halogenated alkanes) is 1. The van der Waals surface area contributed by atoms with Gasteiger partial charge in [-0.3, -0.25) is 4.79 Å². The summed E-state index contributed by atoms with van der Waals surface area (Å²) in [7, 11) is 0. The Morgan fingerprint density at radius 3 is 2.45 bits per heavy atom. The molecular weight excluding hydrogens is 438 g/mol. The van der Waals surface area contributed by atoms with E-state index >= 15 is 0 Å². The van der Waals surface area contributed by atoms with E-state index in [2.05, 4.69) is 22.7 Å². The Balaban J connectivity index is 1.83. The van der Waals surface area contributed by atoms with Crippen LogP contribution in [0.25, 0.3) is 16.9 Å². The fraction of sp³-hybridized carbons (Fsp3) is 0.320. The third kappa shape index (κ3) is 6.58. The maximum absolute atomic E-state index is 12.9. The molecule has 2 aromatic carbocycles. The van der Waals surface area contributed by atoms with E-state index in [1.54, 1.807) is 10.7 Å². The minimum absolute atomic E-state index is 0.0554. The van der Waals surface area contributed by atoms with Crippen LogP contribution in [0.2, 0.25) is 5.02 Å². The van der Waals surface area contributed by atoms with Crippen molar-refractivity contribution in [2.24, 2.45) is 0 Å². The van der Waals surface area contributed by atoms with E-state index in [0.717, 1.165) is 24.8 Å². The number of anilines is 1. The van der Waals surface area contributed by atoms with Crippen molar-refractivity contribution in [2.45, 2.75) is 33.1 Å². The minimum Gasteiger partial charge on any atom is -0.338 e. The van der Waals surface area contributed by atoms with Gasteiger partial charge in [0.05, 0.1) is 16.4 Å². The van der Waals surface area contributed by atoms with Crippen LogP contribution in [0.5, 0.6) is 0 Å². The summed E-state index contributed by atoms with van der Waals surface area (Å²) in [5, 5.41) is 11.0. The molecule has 0 radical (unpaired) electrons. The zero-order valence-electron chi connectivity index (χ0n) is 19.1. The van der Waals surface area contributed by atoms with Crippen LogP contribution in [0, 0.1) is 0 Å². The normalized spacial score (nSPS) is 10.6. The van der Waals surface area contributed by atoms with Crippen LogP contribution in [0.15, 0.2) is 60.7 Å². The summed E-state index contributed by atoms with van der Waals surface area (Å²) in [4.78, 5) is 27.0. The highest BCUT2D eigenvalue weighted by Crippen LogP contribution is 2.28. The van der Waals surface area contributed by atoms with E-state index in [0.29, 0.717) is 35.3 Å². The molecule has 174 valence electrons. The summed E-state index contributed by atoms with van der Waals surface area (Å²) in [6.45, 7) is 5.07. The number of nitrogens with one attached hydrogen (secondary N) is 2. The zero-order valence-corrected chi connectivity index (χ0v) is 19.8. The summed E-state index contributed by atoms with van der Waals surface area (Å²) in [6.07, 6.45) is 2.64. The Hall–Kier alpha value is -3.32. The van der Waals surface area contributed by atoms with E-state index in [-0.39, 0.29) is 18.5 Å². The van der Waals surface area contributed by atoms with Gasteiger partial charge >= 0.3 is 6.03 Å². The first kappa shape index (κ1) is 24.3. The van der Waals surface area contributed by atoms with Gasteiger partial charge in [-0.1, -0.05) is 74.3 Å². The highest BCUT2D eigenvalue weighted by atomic mass is 35.5. The van der Waals surface area contributed by atoms with E-state index in [4.69, 9.17) is 11.6 Å². The smallest absolute Gasteiger partial charge is 0.317 e. The molecule has 0 atom stereocenters. The summed E-state index contributed by atoms with van der Waals surface area (Å²) >= 11 is 6.42. The van der Waals surface area contributed by atoms with Gasteiger partial charge in [-0.2, -0.15) is 5.10 Å². The molecule has 0 unspecified atom stereocenters. The lowest BCUT2D eigenvalue weighted by Gasteiger charge is -2.22. The molecule has 0 saturated carbocycles. The van der Waals surface area contributed by atoms with Gasteiger partial charge in [0.1, 0.15) is 12.4 Å². The number of amides is 3. The molecule has 8 heteroatoms. The molecule has 33 heavy (non-hydrogen) atoms. The molecule has 1 aromatic heterocycles. The molecule has 0 bridgehead atoms. The first-order valence-corrected chi connectivity index (χ1v) is 11.6. The second-order valence-corrected chi connectivity index (χ2v) is 8.11. The van der Waals surface area contributed by atoms with Crippen LogP contribution in [-0.2, 0) is 4.79 Å². The van der Waals surface area contributed by atoms with Gasteiger partial charge in [-0.15, -0.1) is 0 Å². The largest absolute Gasteiger partial charge is 0.338 e. The van der Waals surface area contributed by atoms with Crippen molar-refractivity contribution in [3.05, 3.63) is 65.7 Å². The molecule has 0 aliphatic rings. The fourth-order valence-corrected chi connectivity index (χ4v) is 3.60. The van der Waals surface area contributed by atoms with Crippen molar-refractivity contribution in [2.75, 3.05) is 25.0 Å². The number of halogens is 1. The lowest BCUT2D eigenvalue weighted by Crippen LogP contribution is -2.44. The number of carbonyl (C=O) groups excluding carboxylic acids is 2. The molecule has 7 nitrogen and oxygen atoms in total. The number of nitrogens with zero attached hydrogens (tertiary/aromatic N) is 3. The summed E-state index contributed by atoms with van der Waals surface area (Å²) < 4.78 is 1.62. The molecule has 2 N–H and O–H groups in total. The van der Waals surface area contributed by atoms with Crippen molar-refractivity contribution in [3.8, 4) is 16.9 Å². The van der Waals surface area contributed by atoms with Crippen LogP contribution in [0.3, 0.4) is 0 Å². The quantitative estimate of drug-likeness (QED) is 0.394. The SMILES string of the molecule is CCCCNC(=O)N(CCC)CC(=O)Nc1cc(-c2ccccc2)nn1-c1ccccc1Cl. The Morgan fingerprint density at radius 2 is 1.76 bits per heavy atom. The third-order valence-corrected chi connectivity index (χ3v) is 5.37. The van der Waals surface area contributed by atoms with Crippen molar-refractivity contribution >= 4 is 29.4 Å². The second kappa shape index (κ2) is 12.1. The topological polar surface area (TPSA) is 79.3 Å². The van der Waals surface area contributed by atoms with Crippen LogP contribution >= 0.6 is 11.6 Å². The Labute approximate surface area is 199 Å². The number of hydrogen-bond acceptors (Lipinski definition) is 3. The average Bonchev–Trinajstić information content (AvgIpc) is 3.23. The number of para-hydroxylation sites is 1. The van der Waals surface area contributed by atoms with Gasteiger partial charge in [0.2, 0.25) is 5.91 Å². The average molecular weight is 468 g/mol. The van der Waals surface area contributed by atoms with E-state index in [1.165, 1.54) is 4.90 Å². The van der Waals surface area contributed by atoms with Crippen molar-refractivity contribution in [3.63, 3.8) is 0 Å². The van der Waals surface area contributed by atoms with Crippen molar-refractivity contribution in [1.82, 2.24) is 20.0 Å². The molecule has 0 fully saturated rings. The first-order chi connectivity index (χ1) is 16.0. The number of urea groups is 1. The maximum atomic E-state index is 12.9. The number of benzene rings is 2. The number of rotatable bonds is 10. The van der Waals surface area contributed by atoms with Gasteiger partial charge in [0.25, 0.3) is 0 Å². The molecule has 3 aromatic rings. The molecule has 0 saturated heterocycles. The second-order valence-electron chi connectivity index (χ2n) is 7.70. The first-order valence-electron chi connectivity index (χ1n) is 11.3. The van der Waals surface area contributed by atoms with Crippen LogP contribution in [0.4, 0.5) is 10.6 Å². The molecule has 1 heterocycles. The number of carbonyl (C=O) groups is 2. The molecule has 3 rings (SSSR count). The summed E-state index contributed by atoms with van der Waals surface area (Å²) in [6, 6.07) is 18.6. The highest BCUT2D eigenvalue weighted by molar-refractivity contribution is 6.32. The van der Waals surface area contributed by atoms with Gasteiger partial charge in [-0.25, -0.2) is 9.48 Å². The van der Waals surface area contributed by atoms with Gasteiger partial charge in [-0.05, 0) is 25.0 Å². The Bertz CT molecular complexity index is 1070. The predicted octanol–water partition coefficient (Wildman–Crippen LogP) is 5.35. The van der Waals surface area contributed by atoms with Crippen molar-refractivity contribution < 1.29 is 9.59 Å². The van der Waals surface area contributed by atoms with Crippen molar-refractivity contribution in [1.29, 1.82) is 0 Å². The van der Waals surface area contributed by atoms with Crippen LogP contribution in [0.1, 0.15) is 33.1 Å².